The molecule has 4 heteroatoms. The van der Waals surface area contributed by atoms with Gasteiger partial charge in [0, 0.05) is 16.1 Å². The van der Waals surface area contributed by atoms with Gasteiger partial charge in [-0.3, -0.25) is 9.69 Å². The van der Waals surface area contributed by atoms with Gasteiger partial charge in [0.2, 0.25) is 0 Å². The van der Waals surface area contributed by atoms with E-state index in [9.17, 15) is 4.79 Å². The second-order valence-corrected chi connectivity index (χ2v) is 6.59. The van der Waals surface area contributed by atoms with Crippen LogP contribution < -0.4 is 0 Å². The summed E-state index contributed by atoms with van der Waals surface area (Å²) in [5.41, 5.74) is 0.953. The van der Waals surface area contributed by atoms with E-state index in [1.165, 1.54) is 0 Å². The fourth-order valence-electron chi connectivity index (χ4n) is 2.31. The van der Waals surface area contributed by atoms with E-state index >= 15 is 0 Å². The molecule has 0 radical (unpaired) electrons. The molecule has 1 aromatic carbocycles. The Morgan fingerprint density at radius 1 is 1.42 bits per heavy atom. The number of aliphatic carboxylic acids is 1. The summed E-state index contributed by atoms with van der Waals surface area (Å²) in [5, 5.41) is 9.14. The van der Waals surface area contributed by atoms with Crippen LogP contribution in [0.15, 0.2) is 28.7 Å². The maximum atomic E-state index is 11.1. The second kappa shape index (κ2) is 6.53. The molecule has 1 rings (SSSR count). The van der Waals surface area contributed by atoms with Gasteiger partial charge >= 0.3 is 5.97 Å². The van der Waals surface area contributed by atoms with Crippen LogP contribution in [0.1, 0.15) is 45.7 Å². The molecule has 1 unspecified atom stereocenters. The number of halogens is 1. The van der Waals surface area contributed by atoms with Gasteiger partial charge in [0.15, 0.2) is 0 Å². The second-order valence-electron chi connectivity index (χ2n) is 5.67. The maximum Gasteiger partial charge on any atom is 0.317 e. The number of nitrogens with zero attached hydrogens (tertiary/aromatic N) is 1. The van der Waals surface area contributed by atoms with Crippen molar-refractivity contribution in [1.29, 1.82) is 0 Å². The molecule has 0 aliphatic heterocycles. The van der Waals surface area contributed by atoms with Crippen LogP contribution in [0, 0.1) is 0 Å². The molecular formula is C15H22BrNO2. The van der Waals surface area contributed by atoms with Gasteiger partial charge < -0.3 is 5.11 Å². The van der Waals surface area contributed by atoms with Crippen molar-refractivity contribution in [1.82, 2.24) is 4.90 Å². The van der Waals surface area contributed by atoms with Gasteiger partial charge in [-0.05, 0) is 44.9 Å². The first-order chi connectivity index (χ1) is 8.75. The minimum Gasteiger partial charge on any atom is -0.480 e. The lowest BCUT2D eigenvalue weighted by atomic mass is 9.96. The van der Waals surface area contributed by atoms with Crippen LogP contribution in [0.5, 0.6) is 0 Å². The highest BCUT2D eigenvalue weighted by Gasteiger charge is 2.30. The molecule has 0 bridgehead atoms. The molecule has 1 atom stereocenters. The third-order valence-electron chi connectivity index (χ3n) is 3.16. The Morgan fingerprint density at radius 2 is 2.05 bits per heavy atom. The number of benzene rings is 1. The first-order valence-corrected chi connectivity index (χ1v) is 7.29. The van der Waals surface area contributed by atoms with Gasteiger partial charge in [-0.1, -0.05) is 35.0 Å². The number of hydrogen-bond donors (Lipinski definition) is 1. The molecule has 0 aromatic heterocycles. The lowest BCUT2D eigenvalue weighted by molar-refractivity contribution is -0.140. The fourth-order valence-corrected chi connectivity index (χ4v) is 2.73. The van der Waals surface area contributed by atoms with E-state index in [0.29, 0.717) is 0 Å². The molecule has 0 heterocycles. The fraction of sp³-hybridized carbons (Fsp3) is 0.533. The molecule has 0 fully saturated rings. The van der Waals surface area contributed by atoms with Gasteiger partial charge in [-0.2, -0.15) is 0 Å². The zero-order valence-corrected chi connectivity index (χ0v) is 13.6. The van der Waals surface area contributed by atoms with E-state index in [1.807, 2.05) is 17.0 Å². The van der Waals surface area contributed by atoms with Gasteiger partial charge in [0.1, 0.15) is 0 Å². The number of carboxylic acids is 1. The first-order valence-electron chi connectivity index (χ1n) is 6.49. The van der Waals surface area contributed by atoms with Gasteiger partial charge in [0.05, 0.1) is 6.54 Å². The number of carboxylic acid groups (broad SMARTS) is 1. The van der Waals surface area contributed by atoms with Crippen molar-refractivity contribution in [3.63, 3.8) is 0 Å². The smallest absolute Gasteiger partial charge is 0.317 e. The minimum absolute atomic E-state index is 0.0501. The van der Waals surface area contributed by atoms with E-state index in [2.05, 4.69) is 55.8 Å². The van der Waals surface area contributed by atoms with Gasteiger partial charge in [0.25, 0.3) is 0 Å². The quantitative estimate of drug-likeness (QED) is 0.885. The zero-order chi connectivity index (χ0) is 14.6. The molecular weight excluding hydrogens is 306 g/mol. The maximum absolute atomic E-state index is 11.1. The Kier molecular flexibility index (Phi) is 5.56. The Bertz CT molecular complexity index is 440. The van der Waals surface area contributed by atoms with E-state index in [0.717, 1.165) is 16.5 Å². The predicted octanol–water partition coefficient (Wildman–Crippen LogP) is 4.09. The molecule has 0 saturated carbocycles. The number of rotatable bonds is 5. The average Bonchev–Trinajstić information content (AvgIpc) is 2.27. The van der Waals surface area contributed by atoms with Crippen molar-refractivity contribution in [3.05, 3.63) is 34.3 Å². The highest BCUT2D eigenvalue weighted by atomic mass is 79.9. The van der Waals surface area contributed by atoms with Crippen LogP contribution in [0.3, 0.4) is 0 Å². The van der Waals surface area contributed by atoms with E-state index in [4.69, 9.17) is 5.11 Å². The molecule has 0 amide bonds. The molecule has 1 N–H and O–H groups in total. The van der Waals surface area contributed by atoms with Gasteiger partial charge in [-0.15, -0.1) is 0 Å². The molecule has 0 aliphatic rings. The van der Waals surface area contributed by atoms with Crippen molar-refractivity contribution in [2.75, 3.05) is 6.54 Å². The standard InChI is InChI=1S/C15H22BrNO2/c1-5-13(11-7-6-8-12(16)9-11)17(10-14(18)19)15(2,3)4/h6-9,13H,5,10H2,1-4H3,(H,18,19). The monoisotopic (exact) mass is 327 g/mol. The van der Waals surface area contributed by atoms with Crippen LogP contribution in [0.25, 0.3) is 0 Å². The SMILES string of the molecule is CCC(c1cccc(Br)c1)N(CC(=O)O)C(C)(C)C. The van der Waals surface area contributed by atoms with Crippen molar-refractivity contribution < 1.29 is 9.90 Å². The predicted molar refractivity (Wildman–Crippen MR) is 81.3 cm³/mol. The third kappa shape index (κ3) is 4.62. The van der Waals surface area contributed by atoms with Crippen LogP contribution in [-0.2, 0) is 4.79 Å². The molecule has 106 valence electrons. The topological polar surface area (TPSA) is 40.5 Å². The van der Waals surface area contributed by atoms with E-state index in [1.54, 1.807) is 0 Å². The van der Waals surface area contributed by atoms with Crippen LogP contribution in [-0.4, -0.2) is 28.1 Å². The normalized spacial score (nSPS) is 13.6. The Labute approximate surface area is 123 Å². The first kappa shape index (κ1) is 16.2. The Balaban J connectivity index is 3.12. The lowest BCUT2D eigenvalue weighted by Crippen LogP contribution is -2.46. The number of hydrogen-bond acceptors (Lipinski definition) is 2. The summed E-state index contributed by atoms with van der Waals surface area (Å²) in [6.07, 6.45) is 0.876. The molecule has 0 saturated heterocycles. The number of carbonyl (C=O) groups is 1. The van der Waals surface area contributed by atoms with Crippen LogP contribution in [0.4, 0.5) is 0 Å². The highest BCUT2D eigenvalue weighted by Crippen LogP contribution is 2.31. The summed E-state index contributed by atoms with van der Waals surface area (Å²) in [5.74, 6) is -0.789. The molecule has 0 spiro atoms. The van der Waals surface area contributed by atoms with Crippen LogP contribution in [0.2, 0.25) is 0 Å². The summed E-state index contributed by atoms with van der Waals surface area (Å²) >= 11 is 3.48. The van der Waals surface area contributed by atoms with Crippen molar-refractivity contribution >= 4 is 21.9 Å². The molecule has 3 nitrogen and oxygen atoms in total. The molecule has 1 aromatic rings. The summed E-state index contributed by atoms with van der Waals surface area (Å²) < 4.78 is 1.02. The van der Waals surface area contributed by atoms with Crippen molar-refractivity contribution in [3.8, 4) is 0 Å². The van der Waals surface area contributed by atoms with Crippen molar-refractivity contribution in [2.45, 2.75) is 45.7 Å². The lowest BCUT2D eigenvalue weighted by Gasteiger charge is -2.40. The summed E-state index contributed by atoms with van der Waals surface area (Å²) in [6, 6.07) is 8.20. The molecule has 0 aliphatic carbocycles. The minimum atomic E-state index is -0.789. The Morgan fingerprint density at radius 3 is 2.47 bits per heavy atom. The Hall–Kier alpha value is -0.870. The van der Waals surface area contributed by atoms with Crippen molar-refractivity contribution in [2.24, 2.45) is 0 Å². The summed E-state index contributed by atoms with van der Waals surface area (Å²) in [4.78, 5) is 13.2. The summed E-state index contributed by atoms with van der Waals surface area (Å²) in [6.45, 7) is 8.30. The largest absolute Gasteiger partial charge is 0.480 e. The molecule has 19 heavy (non-hydrogen) atoms. The van der Waals surface area contributed by atoms with Crippen LogP contribution >= 0.6 is 15.9 Å². The van der Waals surface area contributed by atoms with E-state index < -0.39 is 5.97 Å². The van der Waals surface area contributed by atoms with Gasteiger partial charge in [-0.25, -0.2) is 0 Å². The summed E-state index contributed by atoms with van der Waals surface area (Å²) in [7, 11) is 0. The highest BCUT2D eigenvalue weighted by molar-refractivity contribution is 9.10. The third-order valence-corrected chi connectivity index (χ3v) is 3.66. The van der Waals surface area contributed by atoms with E-state index in [-0.39, 0.29) is 18.1 Å². The average molecular weight is 328 g/mol. The zero-order valence-electron chi connectivity index (χ0n) is 12.0.